The van der Waals surface area contributed by atoms with Crippen molar-refractivity contribution in [1.29, 1.82) is 0 Å². The molecule has 0 N–H and O–H groups in total. The first-order valence-corrected chi connectivity index (χ1v) is 19.3. The highest BCUT2D eigenvalue weighted by Crippen LogP contribution is 2.63. The number of hydrogen-bond acceptors (Lipinski definition) is 2. The predicted octanol–water partition coefficient (Wildman–Crippen LogP) is 13.2. The van der Waals surface area contributed by atoms with Gasteiger partial charge in [0, 0.05) is 49.5 Å². The van der Waals surface area contributed by atoms with Crippen molar-refractivity contribution in [3.8, 4) is 61.8 Å². The number of fused-ring (bicyclic) bond motifs is 12. The van der Waals surface area contributed by atoms with E-state index >= 15 is 0 Å². The van der Waals surface area contributed by atoms with Crippen LogP contribution in [0.1, 0.15) is 49.9 Å². The summed E-state index contributed by atoms with van der Waals surface area (Å²) in [4.78, 5) is 10.3. The zero-order valence-electron chi connectivity index (χ0n) is 31.4. The van der Waals surface area contributed by atoms with E-state index in [4.69, 9.17) is 9.97 Å². The summed E-state index contributed by atoms with van der Waals surface area (Å²) in [5, 5.41) is 2.63. The lowest BCUT2D eigenvalue weighted by molar-refractivity contribution is 0.651. The van der Waals surface area contributed by atoms with Crippen LogP contribution >= 0.6 is 0 Å². The van der Waals surface area contributed by atoms with E-state index in [2.05, 4.69) is 172 Å². The molecule has 0 fully saturated rings. The summed E-state index contributed by atoms with van der Waals surface area (Å²) < 4.78 is 2.54. The fourth-order valence-corrected chi connectivity index (χ4v) is 9.91. The lowest BCUT2D eigenvalue weighted by Gasteiger charge is -2.27. The summed E-state index contributed by atoms with van der Waals surface area (Å²) in [7, 11) is 0. The van der Waals surface area contributed by atoms with Crippen molar-refractivity contribution in [3.63, 3.8) is 0 Å². The van der Waals surface area contributed by atoms with Gasteiger partial charge in [-0.1, -0.05) is 167 Å². The quantitative estimate of drug-likeness (QED) is 0.182. The van der Waals surface area contributed by atoms with Gasteiger partial charge in [-0.15, -0.1) is 0 Å². The minimum Gasteiger partial charge on any atom is -0.309 e. The monoisotopic (exact) mass is 705 g/mol. The molecule has 0 amide bonds. The number of benzene rings is 7. The summed E-state index contributed by atoms with van der Waals surface area (Å²) in [6.07, 6.45) is 0. The van der Waals surface area contributed by atoms with Crippen molar-refractivity contribution in [2.45, 2.75) is 38.5 Å². The Kier molecular flexibility index (Phi) is 6.65. The molecule has 0 aliphatic heterocycles. The van der Waals surface area contributed by atoms with E-state index in [1.165, 1.54) is 66.3 Å². The second kappa shape index (κ2) is 11.5. The van der Waals surface area contributed by atoms with Gasteiger partial charge >= 0.3 is 0 Å². The molecule has 0 saturated heterocycles. The van der Waals surface area contributed by atoms with E-state index in [9.17, 15) is 0 Å². The summed E-state index contributed by atoms with van der Waals surface area (Å²) in [5.41, 5.74) is 19.2. The molecule has 0 bridgehead atoms. The van der Waals surface area contributed by atoms with Crippen LogP contribution in [-0.2, 0) is 10.8 Å². The first-order valence-electron chi connectivity index (χ1n) is 19.3. The van der Waals surface area contributed by atoms with Crippen LogP contribution in [0.5, 0.6) is 0 Å². The molecule has 262 valence electrons. The van der Waals surface area contributed by atoms with Gasteiger partial charge in [0.2, 0.25) is 0 Å². The van der Waals surface area contributed by atoms with Gasteiger partial charge in [-0.25, -0.2) is 9.97 Å². The Labute approximate surface area is 321 Å². The molecule has 0 saturated carbocycles. The van der Waals surface area contributed by atoms with Crippen LogP contribution in [0.4, 0.5) is 0 Å². The van der Waals surface area contributed by atoms with Gasteiger partial charge in [0.05, 0.1) is 22.4 Å². The van der Waals surface area contributed by atoms with Crippen LogP contribution < -0.4 is 0 Å². The molecule has 9 aromatic rings. The number of para-hydroxylation sites is 1. The first-order chi connectivity index (χ1) is 26.8. The van der Waals surface area contributed by atoms with Crippen molar-refractivity contribution < 1.29 is 0 Å². The number of hydrogen-bond donors (Lipinski definition) is 0. The third-order valence-corrected chi connectivity index (χ3v) is 12.3. The van der Waals surface area contributed by atoms with Crippen molar-refractivity contribution in [2.75, 3.05) is 0 Å². The molecular formula is C52H39N3. The highest BCUT2D eigenvalue weighted by atomic mass is 15.0. The average Bonchev–Trinajstić information content (AvgIpc) is 3.78. The standard InChI is InChI=1S/C52H39N3/c1-51(2)39-27-14-11-24-36(39)44-47-45(37-25-12-15-28-40(37)52(47,3)4)49-46(48(44)51)38-26-13-16-29-43(38)55(49)35-23-17-22-34(30-35)42-31-41(32-18-7-5-8-19-32)53-50(54-42)33-20-9-6-10-21-33/h5-31H,1-4H3. The average molecular weight is 706 g/mol. The van der Waals surface area contributed by atoms with Gasteiger partial charge in [-0.3, -0.25) is 0 Å². The van der Waals surface area contributed by atoms with Gasteiger partial charge in [-0.2, -0.15) is 0 Å². The third kappa shape index (κ3) is 4.44. The summed E-state index contributed by atoms with van der Waals surface area (Å²) in [5.74, 6) is 0.716. The van der Waals surface area contributed by atoms with Gasteiger partial charge < -0.3 is 4.57 Å². The molecule has 11 rings (SSSR count). The Hall–Kier alpha value is -6.58. The van der Waals surface area contributed by atoms with Crippen LogP contribution in [0, 0.1) is 0 Å². The molecule has 2 aliphatic rings. The van der Waals surface area contributed by atoms with E-state index in [-0.39, 0.29) is 10.8 Å². The molecule has 0 unspecified atom stereocenters. The molecule has 2 aromatic heterocycles. The molecule has 2 aliphatic carbocycles. The Balaban J connectivity index is 1.24. The van der Waals surface area contributed by atoms with Gasteiger partial charge in [0.1, 0.15) is 0 Å². The molecule has 3 nitrogen and oxygen atoms in total. The largest absolute Gasteiger partial charge is 0.309 e. The van der Waals surface area contributed by atoms with Crippen molar-refractivity contribution in [2.24, 2.45) is 0 Å². The Morgan fingerprint density at radius 1 is 0.455 bits per heavy atom. The molecule has 0 atom stereocenters. The Bertz CT molecular complexity index is 2960. The zero-order chi connectivity index (χ0) is 37.1. The fourth-order valence-electron chi connectivity index (χ4n) is 9.91. The van der Waals surface area contributed by atoms with Crippen LogP contribution in [0.3, 0.4) is 0 Å². The molecule has 3 heteroatoms. The molecule has 0 radical (unpaired) electrons. The van der Waals surface area contributed by atoms with Crippen molar-refractivity contribution in [1.82, 2.24) is 14.5 Å². The van der Waals surface area contributed by atoms with Crippen LogP contribution in [0.15, 0.2) is 164 Å². The second-order valence-electron chi connectivity index (χ2n) is 16.2. The van der Waals surface area contributed by atoms with E-state index in [0.717, 1.165) is 33.8 Å². The van der Waals surface area contributed by atoms with E-state index < -0.39 is 0 Å². The lowest BCUT2D eigenvalue weighted by Crippen LogP contribution is -2.19. The normalized spacial score (nSPS) is 14.5. The van der Waals surface area contributed by atoms with Gasteiger partial charge in [0.15, 0.2) is 5.82 Å². The molecule has 0 spiro atoms. The minimum atomic E-state index is -0.191. The predicted molar refractivity (Wildman–Crippen MR) is 228 cm³/mol. The highest BCUT2D eigenvalue weighted by Gasteiger charge is 2.47. The smallest absolute Gasteiger partial charge is 0.160 e. The highest BCUT2D eigenvalue weighted by molar-refractivity contribution is 6.21. The second-order valence-corrected chi connectivity index (χ2v) is 16.2. The number of nitrogens with zero attached hydrogens (tertiary/aromatic N) is 3. The Morgan fingerprint density at radius 2 is 1.00 bits per heavy atom. The number of rotatable bonds is 4. The first kappa shape index (κ1) is 31.9. The maximum absolute atomic E-state index is 5.22. The summed E-state index contributed by atoms with van der Waals surface area (Å²) in [6, 6.07) is 59.0. The van der Waals surface area contributed by atoms with E-state index in [0.29, 0.717) is 5.82 Å². The van der Waals surface area contributed by atoms with Crippen molar-refractivity contribution >= 4 is 21.8 Å². The molecular weight excluding hydrogens is 667 g/mol. The van der Waals surface area contributed by atoms with Gasteiger partial charge in [-0.05, 0) is 63.2 Å². The van der Waals surface area contributed by atoms with Crippen LogP contribution in [-0.4, -0.2) is 14.5 Å². The van der Waals surface area contributed by atoms with Crippen molar-refractivity contribution in [3.05, 3.63) is 186 Å². The van der Waals surface area contributed by atoms with Gasteiger partial charge in [0.25, 0.3) is 0 Å². The van der Waals surface area contributed by atoms with E-state index in [1.54, 1.807) is 0 Å². The zero-order valence-corrected chi connectivity index (χ0v) is 31.4. The maximum Gasteiger partial charge on any atom is 0.160 e. The minimum absolute atomic E-state index is 0.191. The van der Waals surface area contributed by atoms with E-state index in [1.807, 2.05) is 24.3 Å². The fraction of sp³-hybridized carbons (Fsp3) is 0.115. The topological polar surface area (TPSA) is 30.7 Å². The van der Waals surface area contributed by atoms with Crippen LogP contribution in [0.2, 0.25) is 0 Å². The van der Waals surface area contributed by atoms with Crippen LogP contribution in [0.25, 0.3) is 83.6 Å². The Morgan fingerprint density at radius 3 is 1.71 bits per heavy atom. The lowest BCUT2D eigenvalue weighted by atomic mass is 9.75. The third-order valence-electron chi connectivity index (χ3n) is 12.3. The number of aromatic nitrogens is 3. The maximum atomic E-state index is 5.22. The summed E-state index contributed by atoms with van der Waals surface area (Å²) in [6.45, 7) is 9.70. The molecule has 7 aromatic carbocycles. The summed E-state index contributed by atoms with van der Waals surface area (Å²) >= 11 is 0. The molecule has 55 heavy (non-hydrogen) atoms. The SMILES string of the molecule is CC1(C)c2ccccc2-c2c1c1c(c3c4ccccc4n(-c4cccc(-c5cc(-c6ccccc6)nc(-c6ccccc6)n5)c4)c23)C(C)(C)c2ccccc2-1. The molecule has 2 heterocycles.